The maximum absolute atomic E-state index is 12.7. The molecule has 5 heteroatoms. The Morgan fingerprint density at radius 3 is 2.80 bits per heavy atom. The van der Waals surface area contributed by atoms with Crippen LogP contribution in [0.4, 0.5) is 8.78 Å². The fourth-order valence-corrected chi connectivity index (χ4v) is 1.46. The molecule has 86 valence electrons. The number of carbonyl (C=O) groups is 1. The van der Waals surface area contributed by atoms with Crippen LogP contribution in [0.2, 0.25) is 0 Å². The van der Waals surface area contributed by atoms with Gasteiger partial charge in [0.15, 0.2) is 0 Å². The smallest absolute Gasteiger partial charge is 0.277 e. The number of hydrogen-bond acceptors (Lipinski definition) is 2. The normalized spacial score (nSPS) is 21.4. The number of halogens is 2. The molecule has 0 heterocycles. The van der Waals surface area contributed by atoms with E-state index in [4.69, 9.17) is 5.73 Å². The molecule has 1 amide bonds. The van der Waals surface area contributed by atoms with Crippen molar-refractivity contribution in [2.24, 2.45) is 11.7 Å². The van der Waals surface area contributed by atoms with Crippen LogP contribution in [-0.4, -0.2) is 24.9 Å². The molecule has 1 aliphatic rings. The van der Waals surface area contributed by atoms with Gasteiger partial charge in [-0.25, -0.2) is 8.78 Å². The summed E-state index contributed by atoms with van der Waals surface area (Å²) in [7, 11) is 0. The van der Waals surface area contributed by atoms with E-state index < -0.39 is 19.0 Å². The molecule has 0 aliphatic heterocycles. The molecule has 0 fully saturated rings. The van der Waals surface area contributed by atoms with Crippen molar-refractivity contribution < 1.29 is 13.6 Å². The zero-order valence-corrected chi connectivity index (χ0v) is 8.51. The summed E-state index contributed by atoms with van der Waals surface area (Å²) in [5, 5.41) is 2.24. The molecule has 0 bridgehead atoms. The average Bonchev–Trinajstić information content (AvgIpc) is 2.27. The molecule has 1 unspecified atom stereocenters. The number of allylic oxidation sites excluding steroid dienone is 2. The van der Waals surface area contributed by atoms with Crippen LogP contribution in [0.1, 0.15) is 19.3 Å². The van der Waals surface area contributed by atoms with Gasteiger partial charge in [0.2, 0.25) is 5.91 Å². The lowest BCUT2D eigenvalue weighted by atomic mass is 9.93. The molecule has 15 heavy (non-hydrogen) atoms. The highest BCUT2D eigenvalue weighted by atomic mass is 19.3. The Bertz CT molecular complexity index is 254. The van der Waals surface area contributed by atoms with Gasteiger partial charge >= 0.3 is 0 Å². The standard InChI is InChI=1S/C10H16F2N2O/c11-10(12,6-13)7-14-9(15)8-4-2-1-3-5-8/h1-2,8H,3-7,13H2,(H,14,15). The number of alkyl halides is 2. The first kappa shape index (κ1) is 12.1. The molecule has 3 N–H and O–H groups in total. The third-order valence-corrected chi connectivity index (χ3v) is 2.46. The minimum absolute atomic E-state index is 0.163. The first-order valence-electron chi connectivity index (χ1n) is 5.06. The number of nitrogens with two attached hydrogens (primary N) is 1. The van der Waals surface area contributed by atoms with Crippen molar-refractivity contribution in [3.05, 3.63) is 12.2 Å². The lowest BCUT2D eigenvalue weighted by Gasteiger charge is -2.20. The van der Waals surface area contributed by atoms with E-state index in [1.165, 1.54) is 0 Å². The molecule has 0 aromatic heterocycles. The third-order valence-electron chi connectivity index (χ3n) is 2.46. The van der Waals surface area contributed by atoms with Crippen molar-refractivity contribution in [2.45, 2.75) is 25.2 Å². The van der Waals surface area contributed by atoms with E-state index in [0.717, 1.165) is 12.8 Å². The van der Waals surface area contributed by atoms with Gasteiger partial charge in [-0.2, -0.15) is 0 Å². The number of hydrogen-bond donors (Lipinski definition) is 2. The summed E-state index contributed by atoms with van der Waals surface area (Å²) in [6, 6.07) is 0. The van der Waals surface area contributed by atoms with Gasteiger partial charge in [0.25, 0.3) is 5.92 Å². The highest BCUT2D eigenvalue weighted by Crippen LogP contribution is 2.18. The van der Waals surface area contributed by atoms with E-state index in [1.54, 1.807) is 0 Å². The molecule has 1 atom stereocenters. The molecular weight excluding hydrogens is 202 g/mol. The molecule has 1 aliphatic carbocycles. The fourth-order valence-electron chi connectivity index (χ4n) is 1.46. The monoisotopic (exact) mass is 218 g/mol. The minimum atomic E-state index is -3.00. The van der Waals surface area contributed by atoms with Gasteiger partial charge in [0.05, 0.1) is 13.1 Å². The fraction of sp³-hybridized carbons (Fsp3) is 0.700. The van der Waals surface area contributed by atoms with Crippen LogP contribution in [0.25, 0.3) is 0 Å². The Balaban J connectivity index is 2.32. The lowest BCUT2D eigenvalue weighted by molar-refractivity contribution is -0.127. The summed E-state index contributed by atoms with van der Waals surface area (Å²) in [4.78, 5) is 11.4. The summed E-state index contributed by atoms with van der Waals surface area (Å²) in [6.07, 6.45) is 6.12. The van der Waals surface area contributed by atoms with Gasteiger partial charge in [0.1, 0.15) is 0 Å². The van der Waals surface area contributed by atoms with Crippen molar-refractivity contribution in [3.63, 3.8) is 0 Å². The molecule has 1 rings (SSSR count). The average molecular weight is 218 g/mol. The Morgan fingerprint density at radius 2 is 2.27 bits per heavy atom. The van der Waals surface area contributed by atoms with Crippen LogP contribution in [0.5, 0.6) is 0 Å². The van der Waals surface area contributed by atoms with Gasteiger partial charge in [-0.3, -0.25) is 4.79 Å². The van der Waals surface area contributed by atoms with E-state index in [2.05, 4.69) is 5.32 Å². The van der Waals surface area contributed by atoms with Gasteiger partial charge < -0.3 is 11.1 Å². The largest absolute Gasteiger partial charge is 0.350 e. The number of nitrogens with one attached hydrogen (secondary N) is 1. The minimum Gasteiger partial charge on any atom is -0.350 e. The molecule has 0 spiro atoms. The van der Waals surface area contributed by atoms with E-state index >= 15 is 0 Å². The SMILES string of the molecule is NCC(F)(F)CNC(=O)C1CC=CCC1. The lowest BCUT2D eigenvalue weighted by Crippen LogP contribution is -2.43. The van der Waals surface area contributed by atoms with Gasteiger partial charge in [-0.15, -0.1) is 0 Å². The van der Waals surface area contributed by atoms with E-state index in [-0.39, 0.29) is 11.8 Å². The van der Waals surface area contributed by atoms with Gasteiger partial charge in [-0.05, 0) is 19.3 Å². The molecular formula is C10H16F2N2O. The second-order valence-electron chi connectivity index (χ2n) is 3.76. The summed E-state index contributed by atoms with van der Waals surface area (Å²) < 4.78 is 25.5. The van der Waals surface area contributed by atoms with E-state index in [1.807, 2.05) is 12.2 Å². The first-order valence-corrected chi connectivity index (χ1v) is 5.06. The van der Waals surface area contributed by atoms with Gasteiger partial charge in [-0.1, -0.05) is 12.2 Å². The van der Waals surface area contributed by atoms with Crippen molar-refractivity contribution in [2.75, 3.05) is 13.1 Å². The molecule has 3 nitrogen and oxygen atoms in total. The summed E-state index contributed by atoms with van der Waals surface area (Å²) in [5.74, 6) is -3.46. The van der Waals surface area contributed by atoms with Crippen molar-refractivity contribution in [1.29, 1.82) is 0 Å². The number of carbonyl (C=O) groups excluding carboxylic acids is 1. The predicted molar refractivity (Wildman–Crippen MR) is 53.5 cm³/mol. The topological polar surface area (TPSA) is 55.1 Å². The van der Waals surface area contributed by atoms with Crippen molar-refractivity contribution in [3.8, 4) is 0 Å². The summed E-state index contributed by atoms with van der Waals surface area (Å²) in [6.45, 7) is -1.40. The highest BCUT2D eigenvalue weighted by molar-refractivity contribution is 5.79. The van der Waals surface area contributed by atoms with Crippen LogP contribution in [0.3, 0.4) is 0 Å². The quantitative estimate of drug-likeness (QED) is 0.693. The van der Waals surface area contributed by atoms with Crippen molar-refractivity contribution in [1.82, 2.24) is 5.32 Å². The van der Waals surface area contributed by atoms with E-state index in [0.29, 0.717) is 6.42 Å². The Hall–Kier alpha value is -0.970. The maximum atomic E-state index is 12.7. The zero-order valence-electron chi connectivity index (χ0n) is 8.51. The van der Waals surface area contributed by atoms with Crippen LogP contribution in [-0.2, 0) is 4.79 Å². The third kappa shape index (κ3) is 3.95. The second kappa shape index (κ2) is 5.21. The second-order valence-corrected chi connectivity index (χ2v) is 3.76. The van der Waals surface area contributed by atoms with Crippen LogP contribution in [0.15, 0.2) is 12.2 Å². The molecule has 0 aromatic carbocycles. The summed E-state index contributed by atoms with van der Waals surface area (Å²) >= 11 is 0. The molecule has 0 aromatic rings. The first-order chi connectivity index (χ1) is 7.05. The number of amides is 1. The molecule has 0 radical (unpaired) electrons. The van der Waals surface area contributed by atoms with Crippen LogP contribution < -0.4 is 11.1 Å². The molecule has 0 saturated heterocycles. The highest BCUT2D eigenvalue weighted by Gasteiger charge is 2.28. The Morgan fingerprint density at radius 1 is 1.53 bits per heavy atom. The van der Waals surface area contributed by atoms with Crippen LogP contribution >= 0.6 is 0 Å². The molecule has 0 saturated carbocycles. The van der Waals surface area contributed by atoms with Crippen LogP contribution in [0, 0.1) is 5.92 Å². The summed E-state index contributed by atoms with van der Waals surface area (Å²) in [5.41, 5.74) is 4.86. The predicted octanol–water partition coefficient (Wildman–Crippen LogP) is 1.05. The Kier molecular flexibility index (Phi) is 4.20. The van der Waals surface area contributed by atoms with Gasteiger partial charge in [0, 0.05) is 5.92 Å². The van der Waals surface area contributed by atoms with Crippen molar-refractivity contribution >= 4 is 5.91 Å². The number of rotatable bonds is 4. The van der Waals surface area contributed by atoms with E-state index in [9.17, 15) is 13.6 Å². The maximum Gasteiger partial charge on any atom is 0.277 e. The zero-order chi connectivity index (χ0) is 11.3. The Labute approximate surface area is 87.7 Å².